The summed E-state index contributed by atoms with van der Waals surface area (Å²) < 4.78 is 11.3. The zero-order chi connectivity index (χ0) is 23.4. The van der Waals surface area contributed by atoms with Crippen molar-refractivity contribution in [2.75, 3.05) is 16.8 Å². The minimum Gasteiger partial charge on any atom is -0.494 e. The molecule has 6 nitrogen and oxygen atoms in total. The highest BCUT2D eigenvalue weighted by Crippen LogP contribution is 2.34. The van der Waals surface area contributed by atoms with Crippen LogP contribution in [-0.4, -0.2) is 24.5 Å². The largest absolute Gasteiger partial charge is 0.494 e. The fraction of sp³-hybridized carbons (Fsp3) is 0.185. The summed E-state index contributed by atoms with van der Waals surface area (Å²) in [6.07, 6.45) is 0.0282. The Morgan fingerprint density at radius 1 is 0.848 bits per heavy atom. The number of nitrogens with one attached hydrogen (secondary N) is 1. The van der Waals surface area contributed by atoms with E-state index in [0.717, 1.165) is 0 Å². The average Bonchev–Trinajstić information content (AvgIpc) is 3.04. The third-order valence-corrected chi connectivity index (χ3v) is 5.03. The van der Waals surface area contributed by atoms with Crippen LogP contribution in [0.1, 0.15) is 26.3 Å². The maximum Gasteiger partial charge on any atom is 0.282 e. The second kappa shape index (κ2) is 9.61. The Bertz CT molecular complexity index is 1180. The molecule has 0 aliphatic carbocycles. The molecule has 1 heterocycles. The van der Waals surface area contributed by atoms with E-state index < -0.39 is 5.91 Å². The molecule has 0 spiro atoms. The van der Waals surface area contributed by atoms with Crippen molar-refractivity contribution in [2.24, 2.45) is 0 Å². The average molecular weight is 443 g/mol. The van der Waals surface area contributed by atoms with Crippen LogP contribution in [-0.2, 0) is 9.59 Å². The first-order valence-electron chi connectivity index (χ1n) is 10.9. The van der Waals surface area contributed by atoms with Gasteiger partial charge in [-0.2, -0.15) is 0 Å². The van der Waals surface area contributed by atoms with E-state index in [1.807, 2.05) is 69.3 Å². The summed E-state index contributed by atoms with van der Waals surface area (Å²) in [5.41, 5.74) is 2.36. The summed E-state index contributed by atoms with van der Waals surface area (Å²) in [4.78, 5) is 28.2. The van der Waals surface area contributed by atoms with Crippen LogP contribution >= 0.6 is 0 Å². The Kier molecular flexibility index (Phi) is 6.45. The van der Waals surface area contributed by atoms with E-state index in [9.17, 15) is 9.59 Å². The van der Waals surface area contributed by atoms with Gasteiger partial charge in [0.1, 0.15) is 17.2 Å². The molecule has 1 N–H and O–H groups in total. The summed E-state index contributed by atoms with van der Waals surface area (Å²) in [7, 11) is 0. The van der Waals surface area contributed by atoms with Gasteiger partial charge < -0.3 is 14.8 Å². The van der Waals surface area contributed by atoms with Gasteiger partial charge in [0.25, 0.3) is 11.8 Å². The van der Waals surface area contributed by atoms with E-state index >= 15 is 0 Å². The van der Waals surface area contributed by atoms with Crippen molar-refractivity contribution in [1.82, 2.24) is 0 Å². The van der Waals surface area contributed by atoms with Gasteiger partial charge in [-0.3, -0.25) is 9.59 Å². The second-order valence-corrected chi connectivity index (χ2v) is 7.81. The summed E-state index contributed by atoms with van der Waals surface area (Å²) in [6.45, 7) is 6.32. The lowest BCUT2D eigenvalue weighted by atomic mass is 10.0. The molecule has 0 saturated carbocycles. The number of carbonyl (C=O) groups excluding carboxylic acids is 2. The Morgan fingerprint density at radius 2 is 1.58 bits per heavy atom. The fourth-order valence-corrected chi connectivity index (χ4v) is 3.67. The van der Waals surface area contributed by atoms with Gasteiger partial charge in [0.05, 0.1) is 24.0 Å². The number of imide groups is 1. The molecular formula is C27H26N2O4. The first kappa shape index (κ1) is 22.1. The molecule has 2 amide bonds. The Labute approximate surface area is 193 Å². The van der Waals surface area contributed by atoms with E-state index in [4.69, 9.17) is 9.47 Å². The van der Waals surface area contributed by atoms with Gasteiger partial charge in [0, 0.05) is 11.8 Å². The van der Waals surface area contributed by atoms with Crippen LogP contribution in [0, 0.1) is 0 Å². The molecular weight excluding hydrogens is 416 g/mol. The van der Waals surface area contributed by atoms with Crippen LogP contribution in [0.4, 0.5) is 11.4 Å². The van der Waals surface area contributed by atoms with E-state index in [0.29, 0.717) is 40.6 Å². The van der Waals surface area contributed by atoms with Crippen LogP contribution in [0.5, 0.6) is 11.5 Å². The van der Waals surface area contributed by atoms with Crippen molar-refractivity contribution < 1.29 is 19.1 Å². The molecule has 0 aromatic heterocycles. The van der Waals surface area contributed by atoms with Crippen LogP contribution in [0.15, 0.2) is 84.6 Å². The number of benzene rings is 3. The normalized spacial score (nSPS) is 13.6. The number of hydrogen-bond donors (Lipinski definition) is 1. The quantitative estimate of drug-likeness (QED) is 0.482. The minimum atomic E-state index is -0.418. The third kappa shape index (κ3) is 4.75. The number of amides is 2. The van der Waals surface area contributed by atoms with Crippen molar-refractivity contribution in [3.63, 3.8) is 0 Å². The number of anilines is 2. The minimum absolute atomic E-state index is 0.0282. The molecule has 0 bridgehead atoms. The molecule has 1 aliphatic heterocycles. The van der Waals surface area contributed by atoms with Gasteiger partial charge >= 0.3 is 0 Å². The lowest BCUT2D eigenvalue weighted by Gasteiger charge is -2.17. The highest BCUT2D eigenvalue weighted by atomic mass is 16.5. The maximum atomic E-state index is 13.5. The highest BCUT2D eigenvalue weighted by molar-refractivity contribution is 6.46. The first-order valence-corrected chi connectivity index (χ1v) is 10.9. The standard InChI is InChI=1S/C27H26N2O4/c1-4-32-23-12-8-11-20(17-23)28-25-24(19-9-6-5-7-10-19)26(30)29(27(25)31)21-13-15-22(16-14-21)33-18(2)3/h5-18,28H,4H2,1-3H3. The van der Waals surface area contributed by atoms with Crippen molar-refractivity contribution in [3.8, 4) is 11.5 Å². The predicted molar refractivity (Wildman–Crippen MR) is 129 cm³/mol. The molecule has 0 unspecified atom stereocenters. The molecule has 168 valence electrons. The number of hydrogen-bond acceptors (Lipinski definition) is 5. The first-order chi connectivity index (χ1) is 16.0. The van der Waals surface area contributed by atoms with Crippen molar-refractivity contribution in [3.05, 3.63) is 90.1 Å². The Morgan fingerprint density at radius 3 is 2.24 bits per heavy atom. The van der Waals surface area contributed by atoms with Gasteiger partial charge in [0.15, 0.2) is 0 Å². The van der Waals surface area contributed by atoms with E-state index in [1.54, 1.807) is 30.3 Å². The molecule has 0 saturated heterocycles. The highest BCUT2D eigenvalue weighted by Gasteiger charge is 2.40. The van der Waals surface area contributed by atoms with E-state index in [1.165, 1.54) is 4.90 Å². The van der Waals surface area contributed by atoms with Crippen molar-refractivity contribution in [2.45, 2.75) is 26.9 Å². The lowest BCUT2D eigenvalue weighted by molar-refractivity contribution is -0.120. The van der Waals surface area contributed by atoms with Crippen molar-refractivity contribution in [1.29, 1.82) is 0 Å². The monoisotopic (exact) mass is 442 g/mol. The molecule has 4 rings (SSSR count). The third-order valence-electron chi connectivity index (χ3n) is 5.03. The molecule has 6 heteroatoms. The van der Waals surface area contributed by atoms with Crippen LogP contribution in [0.2, 0.25) is 0 Å². The lowest BCUT2D eigenvalue weighted by Crippen LogP contribution is -2.32. The van der Waals surface area contributed by atoms with Gasteiger partial charge in [-0.05, 0) is 62.7 Å². The van der Waals surface area contributed by atoms with E-state index in [-0.39, 0.29) is 17.7 Å². The molecule has 0 atom stereocenters. The Balaban J connectivity index is 1.71. The SMILES string of the molecule is CCOc1cccc(NC2=C(c3ccccc3)C(=O)N(c3ccc(OC(C)C)cc3)C2=O)c1. The second-order valence-electron chi connectivity index (χ2n) is 7.81. The van der Waals surface area contributed by atoms with Gasteiger partial charge in [-0.1, -0.05) is 36.4 Å². The van der Waals surface area contributed by atoms with Crippen LogP contribution < -0.4 is 19.7 Å². The van der Waals surface area contributed by atoms with Crippen molar-refractivity contribution >= 4 is 28.8 Å². The zero-order valence-corrected chi connectivity index (χ0v) is 18.9. The van der Waals surface area contributed by atoms with Gasteiger partial charge in [0.2, 0.25) is 0 Å². The smallest absolute Gasteiger partial charge is 0.282 e. The number of nitrogens with zero attached hydrogens (tertiary/aromatic N) is 1. The van der Waals surface area contributed by atoms with Gasteiger partial charge in [-0.25, -0.2) is 4.90 Å². The maximum absolute atomic E-state index is 13.5. The molecule has 0 radical (unpaired) electrons. The number of carbonyl (C=O) groups is 2. The predicted octanol–water partition coefficient (Wildman–Crippen LogP) is 5.27. The molecule has 3 aromatic carbocycles. The molecule has 33 heavy (non-hydrogen) atoms. The summed E-state index contributed by atoms with van der Waals surface area (Å²) in [5.74, 6) is 0.555. The van der Waals surface area contributed by atoms with Crippen LogP contribution in [0.25, 0.3) is 5.57 Å². The van der Waals surface area contributed by atoms with Crippen LogP contribution in [0.3, 0.4) is 0 Å². The van der Waals surface area contributed by atoms with E-state index in [2.05, 4.69) is 5.32 Å². The number of ether oxygens (including phenoxy) is 2. The molecule has 1 aliphatic rings. The summed E-state index contributed by atoms with van der Waals surface area (Å²) >= 11 is 0. The zero-order valence-electron chi connectivity index (χ0n) is 18.9. The fourth-order valence-electron chi connectivity index (χ4n) is 3.67. The summed E-state index contributed by atoms with van der Waals surface area (Å²) in [6, 6.07) is 23.5. The molecule has 0 fully saturated rings. The Hall–Kier alpha value is -4.06. The van der Waals surface area contributed by atoms with Gasteiger partial charge in [-0.15, -0.1) is 0 Å². The summed E-state index contributed by atoms with van der Waals surface area (Å²) in [5, 5.41) is 3.17. The molecule has 3 aromatic rings. The topological polar surface area (TPSA) is 67.9 Å². The number of rotatable bonds is 8.